The number of hydrogen-bond acceptors (Lipinski definition) is 9. The maximum absolute atomic E-state index is 12.6. The lowest BCUT2D eigenvalue weighted by Crippen LogP contribution is -2.34. The first-order valence-corrected chi connectivity index (χ1v) is 21.8. The molecule has 3 atom stereocenters. The predicted octanol–water partition coefficient (Wildman–Crippen LogP) is 10.4. The molecule has 310 valence electrons. The van der Waals surface area contributed by atoms with Crippen LogP contribution in [-0.2, 0) is 37.5 Å². The monoisotopic (exact) mass is 781 g/mol. The second-order valence-corrected chi connectivity index (χ2v) is 14.8. The fraction of sp³-hybridized carbons (Fsp3) is 0.690. The Morgan fingerprint density at radius 3 is 1.56 bits per heavy atom. The quantitative estimate of drug-likeness (QED) is 0.0237. The third-order valence-corrected chi connectivity index (χ3v) is 9.20. The molecule has 0 rings (SSSR count). The molecule has 0 radical (unpaired) electrons. The lowest BCUT2D eigenvalue weighted by Gasteiger charge is -2.20. The average molecular weight is 782 g/mol. The summed E-state index contributed by atoms with van der Waals surface area (Å²) in [5.41, 5.74) is 5.32. The number of carbonyl (C=O) groups excluding carboxylic acids is 2. The van der Waals surface area contributed by atoms with Crippen LogP contribution in [0.5, 0.6) is 0 Å². The maximum atomic E-state index is 12.6. The van der Waals surface area contributed by atoms with Gasteiger partial charge in [0.25, 0.3) is 0 Å². The zero-order chi connectivity index (χ0) is 40.0. The van der Waals surface area contributed by atoms with Crippen LogP contribution in [0.3, 0.4) is 0 Å². The largest absolute Gasteiger partial charge is 0.480 e. The summed E-state index contributed by atoms with van der Waals surface area (Å²) in [5, 5.41) is 8.87. The van der Waals surface area contributed by atoms with E-state index in [-0.39, 0.29) is 19.4 Å². The smallest absolute Gasteiger partial charge is 0.472 e. The van der Waals surface area contributed by atoms with Gasteiger partial charge >= 0.3 is 25.7 Å². The van der Waals surface area contributed by atoms with Gasteiger partial charge in [0, 0.05) is 12.8 Å². The highest BCUT2D eigenvalue weighted by molar-refractivity contribution is 7.47. The van der Waals surface area contributed by atoms with E-state index < -0.39 is 51.1 Å². The maximum Gasteiger partial charge on any atom is 0.472 e. The number of rotatable bonds is 37. The van der Waals surface area contributed by atoms with Crippen molar-refractivity contribution in [3.05, 3.63) is 60.8 Å². The van der Waals surface area contributed by atoms with Crippen molar-refractivity contribution in [1.29, 1.82) is 0 Å². The Balaban J connectivity index is 4.47. The minimum absolute atomic E-state index is 0.136. The predicted molar refractivity (Wildman–Crippen MR) is 217 cm³/mol. The van der Waals surface area contributed by atoms with Crippen molar-refractivity contribution >= 4 is 25.7 Å². The van der Waals surface area contributed by atoms with Gasteiger partial charge in [-0.3, -0.25) is 23.4 Å². The van der Waals surface area contributed by atoms with Crippen LogP contribution < -0.4 is 5.73 Å². The lowest BCUT2D eigenvalue weighted by atomic mass is 10.1. The van der Waals surface area contributed by atoms with E-state index in [0.29, 0.717) is 12.8 Å². The fourth-order valence-electron chi connectivity index (χ4n) is 5.05. The number of phosphoric acid groups is 1. The number of carbonyl (C=O) groups is 3. The van der Waals surface area contributed by atoms with Gasteiger partial charge < -0.3 is 25.2 Å². The Morgan fingerprint density at radius 2 is 1.04 bits per heavy atom. The Kier molecular flexibility index (Phi) is 35.2. The summed E-state index contributed by atoms with van der Waals surface area (Å²) >= 11 is 0. The van der Waals surface area contributed by atoms with Crippen LogP contribution in [0.1, 0.15) is 155 Å². The molecule has 0 aliphatic carbocycles. The number of hydrogen-bond donors (Lipinski definition) is 3. The van der Waals surface area contributed by atoms with Gasteiger partial charge in [0.05, 0.1) is 13.2 Å². The molecule has 0 aromatic rings. The van der Waals surface area contributed by atoms with E-state index in [1.807, 2.05) is 0 Å². The highest BCUT2D eigenvalue weighted by atomic mass is 31.2. The standard InChI is InChI=1S/C42H72NO10P/c1-3-5-7-9-11-13-15-17-19-21-23-25-27-29-31-33-40(44)50-35-38(36-51-54(48,49)52-37-39(43)42(46)47)53-41(45)34-32-30-28-26-24-22-20-18-16-14-12-10-8-6-4-2/h6,8,11-14,17-20,38-39H,3-5,7,9-10,15-16,21-37,43H2,1-2H3,(H,46,47)(H,48,49)/b8-6+,13-11+,14-12+,19-17+,20-18+/t38-,39+/m1/s1. The normalized spacial score (nSPS) is 14.4. The van der Waals surface area contributed by atoms with Crippen LogP contribution in [0, 0.1) is 0 Å². The molecule has 0 aromatic heterocycles. The molecule has 54 heavy (non-hydrogen) atoms. The van der Waals surface area contributed by atoms with E-state index in [1.54, 1.807) is 0 Å². The van der Waals surface area contributed by atoms with Crippen LogP contribution in [-0.4, -0.2) is 59.9 Å². The first kappa shape index (κ1) is 51.2. The van der Waals surface area contributed by atoms with Crippen molar-refractivity contribution in [2.45, 2.75) is 167 Å². The topological polar surface area (TPSA) is 172 Å². The zero-order valence-electron chi connectivity index (χ0n) is 33.3. The molecule has 0 aliphatic rings. The SMILES string of the molecule is CC/C=C/C/C=C/C/C=C/CCCCCCCC(=O)O[C@H](COC(=O)CCCCCCC/C=C/C/C=C/CCCCC)COP(=O)(O)OC[C@H](N)C(=O)O. The molecular formula is C42H72NO10P. The summed E-state index contributed by atoms with van der Waals surface area (Å²) in [7, 11) is -4.72. The van der Waals surface area contributed by atoms with Crippen molar-refractivity contribution in [2.24, 2.45) is 5.73 Å². The molecule has 0 aliphatic heterocycles. The van der Waals surface area contributed by atoms with E-state index >= 15 is 0 Å². The molecule has 0 saturated heterocycles. The average Bonchev–Trinajstić information content (AvgIpc) is 3.14. The number of carboxylic acid groups (broad SMARTS) is 1. The lowest BCUT2D eigenvalue weighted by molar-refractivity contribution is -0.161. The summed E-state index contributed by atoms with van der Waals surface area (Å²) in [5.74, 6) is -2.43. The van der Waals surface area contributed by atoms with Crippen molar-refractivity contribution in [2.75, 3.05) is 19.8 Å². The number of carboxylic acids is 1. The van der Waals surface area contributed by atoms with Crippen LogP contribution in [0.4, 0.5) is 0 Å². The number of ether oxygens (including phenoxy) is 2. The zero-order valence-corrected chi connectivity index (χ0v) is 34.2. The third-order valence-electron chi connectivity index (χ3n) is 8.25. The minimum atomic E-state index is -4.72. The Labute approximate surface area is 326 Å². The minimum Gasteiger partial charge on any atom is -0.480 e. The first-order chi connectivity index (χ1) is 26.1. The first-order valence-electron chi connectivity index (χ1n) is 20.3. The number of esters is 2. The molecule has 0 bridgehead atoms. The van der Waals surface area contributed by atoms with Gasteiger partial charge in [-0.1, -0.05) is 126 Å². The Bertz CT molecular complexity index is 1150. The number of phosphoric ester groups is 1. The van der Waals surface area contributed by atoms with Crippen molar-refractivity contribution < 1.29 is 47.5 Å². The van der Waals surface area contributed by atoms with Gasteiger partial charge in [-0.05, 0) is 77.0 Å². The summed E-state index contributed by atoms with van der Waals surface area (Å²) in [6.07, 6.45) is 41.4. The van der Waals surface area contributed by atoms with E-state index in [0.717, 1.165) is 96.3 Å². The molecule has 0 aromatic carbocycles. The van der Waals surface area contributed by atoms with Gasteiger partial charge in [0.15, 0.2) is 6.10 Å². The van der Waals surface area contributed by atoms with Crippen LogP contribution in [0.25, 0.3) is 0 Å². The van der Waals surface area contributed by atoms with Gasteiger partial charge in [0.2, 0.25) is 0 Å². The Hall–Kier alpha value is -2.82. The molecule has 4 N–H and O–H groups in total. The van der Waals surface area contributed by atoms with E-state index in [4.69, 9.17) is 24.8 Å². The third kappa shape index (κ3) is 36.2. The fourth-order valence-corrected chi connectivity index (χ4v) is 5.83. The van der Waals surface area contributed by atoms with Crippen molar-refractivity contribution in [3.8, 4) is 0 Å². The number of unbranched alkanes of at least 4 members (excludes halogenated alkanes) is 13. The van der Waals surface area contributed by atoms with Crippen LogP contribution >= 0.6 is 7.82 Å². The second-order valence-electron chi connectivity index (χ2n) is 13.4. The highest BCUT2D eigenvalue weighted by Crippen LogP contribution is 2.43. The molecular weight excluding hydrogens is 709 g/mol. The molecule has 11 nitrogen and oxygen atoms in total. The summed E-state index contributed by atoms with van der Waals surface area (Å²) in [4.78, 5) is 45.9. The molecule has 0 fully saturated rings. The summed E-state index contributed by atoms with van der Waals surface area (Å²) in [6, 6.07) is -1.53. The molecule has 0 amide bonds. The van der Waals surface area contributed by atoms with E-state index in [2.05, 4.69) is 79.1 Å². The second kappa shape index (κ2) is 37.1. The molecule has 0 spiro atoms. The summed E-state index contributed by atoms with van der Waals surface area (Å²) in [6.45, 7) is 2.61. The van der Waals surface area contributed by atoms with Crippen LogP contribution in [0.15, 0.2) is 60.8 Å². The van der Waals surface area contributed by atoms with E-state index in [9.17, 15) is 23.8 Å². The van der Waals surface area contributed by atoms with Crippen LogP contribution in [0.2, 0.25) is 0 Å². The van der Waals surface area contributed by atoms with Crippen molar-refractivity contribution in [1.82, 2.24) is 0 Å². The van der Waals surface area contributed by atoms with Gasteiger partial charge in [-0.2, -0.15) is 0 Å². The summed E-state index contributed by atoms with van der Waals surface area (Å²) < 4.78 is 32.6. The van der Waals surface area contributed by atoms with E-state index in [1.165, 1.54) is 19.3 Å². The number of nitrogens with two attached hydrogens (primary N) is 1. The molecule has 0 saturated carbocycles. The highest BCUT2D eigenvalue weighted by Gasteiger charge is 2.28. The molecule has 1 unspecified atom stereocenters. The number of aliphatic carboxylic acids is 1. The van der Waals surface area contributed by atoms with Gasteiger partial charge in [-0.15, -0.1) is 0 Å². The van der Waals surface area contributed by atoms with Gasteiger partial charge in [-0.25, -0.2) is 4.57 Å². The number of allylic oxidation sites excluding steroid dienone is 10. The Morgan fingerprint density at radius 1 is 0.593 bits per heavy atom. The van der Waals surface area contributed by atoms with Crippen molar-refractivity contribution in [3.63, 3.8) is 0 Å². The molecule has 12 heteroatoms. The molecule has 0 heterocycles. The van der Waals surface area contributed by atoms with Gasteiger partial charge in [0.1, 0.15) is 12.6 Å².